The molecule has 0 bridgehead atoms. The zero-order valence-corrected chi connectivity index (χ0v) is 16.1. The second-order valence-electron chi connectivity index (χ2n) is 6.07. The Morgan fingerprint density at radius 1 is 1.30 bits per heavy atom. The van der Waals surface area contributed by atoms with E-state index in [-0.39, 0.29) is 16.5 Å². The lowest BCUT2D eigenvalue weighted by atomic mass is 10.1. The van der Waals surface area contributed by atoms with Crippen molar-refractivity contribution in [2.24, 2.45) is 0 Å². The zero-order valence-electron chi connectivity index (χ0n) is 14.6. The largest absolute Gasteiger partial charge is 0.390 e. The fourth-order valence-corrected chi connectivity index (χ4v) is 3.49. The molecule has 2 N–H and O–H groups in total. The van der Waals surface area contributed by atoms with E-state index >= 15 is 0 Å². The molecule has 3 rings (SSSR count). The number of aryl methyl sites for hydroxylation is 1. The number of nitrogens with one attached hydrogen (secondary N) is 1. The molecule has 0 spiro atoms. The van der Waals surface area contributed by atoms with E-state index in [1.165, 1.54) is 11.3 Å². The van der Waals surface area contributed by atoms with Crippen LogP contribution in [0.1, 0.15) is 5.56 Å². The summed E-state index contributed by atoms with van der Waals surface area (Å²) in [5, 5.41) is 26.6. The van der Waals surface area contributed by atoms with E-state index in [1.807, 2.05) is 35.7 Å². The lowest BCUT2D eigenvalue weighted by Gasteiger charge is -2.10. The second-order valence-corrected chi connectivity index (χ2v) is 7.23. The third-order valence-electron chi connectivity index (χ3n) is 4.04. The van der Waals surface area contributed by atoms with Crippen LogP contribution in [0, 0.1) is 17.0 Å². The number of aliphatic hydroxyl groups excluding tert-OH is 1. The minimum Gasteiger partial charge on any atom is -0.390 e. The third kappa shape index (κ3) is 4.63. The van der Waals surface area contributed by atoms with E-state index in [9.17, 15) is 15.2 Å². The van der Waals surface area contributed by atoms with E-state index in [0.29, 0.717) is 23.4 Å². The highest BCUT2D eigenvalue weighted by Crippen LogP contribution is 2.32. The van der Waals surface area contributed by atoms with Crippen LogP contribution in [0.15, 0.2) is 47.8 Å². The Labute approximate surface area is 165 Å². The molecular weight excluding hydrogens is 386 g/mol. The predicted molar refractivity (Wildman–Crippen MR) is 110 cm³/mol. The van der Waals surface area contributed by atoms with Gasteiger partial charge in [-0.1, -0.05) is 24.3 Å². The molecule has 1 unspecified atom stereocenters. The van der Waals surface area contributed by atoms with Gasteiger partial charge in [0, 0.05) is 40.4 Å². The van der Waals surface area contributed by atoms with Crippen LogP contribution in [0.3, 0.4) is 0 Å². The summed E-state index contributed by atoms with van der Waals surface area (Å²) in [7, 11) is 0. The molecule has 1 heterocycles. The topological polar surface area (TPSA) is 88.3 Å². The van der Waals surface area contributed by atoms with Crippen molar-refractivity contribution in [2.45, 2.75) is 13.0 Å². The number of halogens is 1. The van der Waals surface area contributed by atoms with Gasteiger partial charge in [0.2, 0.25) is 0 Å². The number of nitro benzene ring substituents is 1. The van der Waals surface area contributed by atoms with Gasteiger partial charge in [-0.3, -0.25) is 10.1 Å². The molecule has 0 radical (unpaired) electrons. The van der Waals surface area contributed by atoms with Gasteiger partial charge in [0.25, 0.3) is 5.69 Å². The maximum atomic E-state index is 11.2. The highest BCUT2D eigenvalue weighted by molar-refractivity contribution is 7.13. The lowest BCUT2D eigenvalue weighted by Crippen LogP contribution is -2.20. The third-order valence-corrected chi connectivity index (χ3v) is 5.28. The van der Waals surface area contributed by atoms with Crippen LogP contribution in [-0.4, -0.2) is 33.5 Å². The number of hydrogen-bond donors (Lipinski definition) is 2. The Morgan fingerprint density at radius 2 is 2.11 bits per heavy atom. The maximum absolute atomic E-state index is 11.2. The summed E-state index contributed by atoms with van der Waals surface area (Å²) in [6, 6.07) is 12.8. The highest BCUT2D eigenvalue weighted by atomic mass is 35.5. The average Bonchev–Trinajstić information content (AvgIpc) is 3.16. The Morgan fingerprint density at radius 3 is 2.85 bits per heavy atom. The Balaban J connectivity index is 1.84. The summed E-state index contributed by atoms with van der Waals surface area (Å²) in [6.45, 7) is 2.08. The first-order valence-corrected chi connectivity index (χ1v) is 9.68. The molecule has 0 saturated heterocycles. The van der Waals surface area contributed by atoms with Gasteiger partial charge in [-0.05, 0) is 19.1 Å². The minimum absolute atomic E-state index is 0.0890. The van der Waals surface area contributed by atoms with Crippen molar-refractivity contribution in [3.8, 4) is 21.8 Å². The minimum atomic E-state index is -0.612. The van der Waals surface area contributed by atoms with Gasteiger partial charge < -0.3 is 10.4 Å². The number of nitro groups is 1. The Kier molecular flexibility index (Phi) is 6.05. The van der Waals surface area contributed by atoms with Crippen molar-refractivity contribution in [1.82, 2.24) is 4.98 Å². The van der Waals surface area contributed by atoms with Gasteiger partial charge in [0.1, 0.15) is 5.01 Å². The monoisotopic (exact) mass is 403 g/mol. The molecule has 140 valence electrons. The fourth-order valence-electron chi connectivity index (χ4n) is 2.56. The van der Waals surface area contributed by atoms with Gasteiger partial charge in [-0.2, -0.15) is 0 Å². The Hall–Kier alpha value is -2.48. The summed E-state index contributed by atoms with van der Waals surface area (Å²) in [5.41, 5.74) is 3.92. The van der Waals surface area contributed by atoms with Gasteiger partial charge in [-0.25, -0.2) is 4.98 Å². The molecule has 3 aromatic rings. The van der Waals surface area contributed by atoms with Crippen LogP contribution < -0.4 is 5.32 Å². The quantitative estimate of drug-likeness (QED) is 0.339. The van der Waals surface area contributed by atoms with E-state index < -0.39 is 6.10 Å². The lowest BCUT2D eigenvalue weighted by molar-refractivity contribution is -0.385. The molecule has 0 aliphatic heterocycles. The summed E-state index contributed by atoms with van der Waals surface area (Å²) >= 11 is 7.08. The Bertz CT molecular complexity index is 961. The molecule has 0 amide bonds. The smallest absolute Gasteiger partial charge is 0.272 e. The number of thiazole rings is 1. The molecule has 0 aliphatic carbocycles. The van der Waals surface area contributed by atoms with E-state index in [0.717, 1.165) is 16.3 Å². The molecule has 0 saturated carbocycles. The van der Waals surface area contributed by atoms with E-state index in [2.05, 4.69) is 10.3 Å². The van der Waals surface area contributed by atoms with E-state index in [1.54, 1.807) is 19.1 Å². The van der Waals surface area contributed by atoms with Gasteiger partial charge in [0.15, 0.2) is 0 Å². The van der Waals surface area contributed by atoms with Crippen molar-refractivity contribution in [2.75, 3.05) is 17.7 Å². The number of nitrogens with zero attached hydrogens (tertiary/aromatic N) is 2. The van der Waals surface area contributed by atoms with Crippen LogP contribution in [-0.2, 0) is 0 Å². The molecule has 6 nitrogen and oxygen atoms in total. The number of aromatic nitrogens is 1. The van der Waals surface area contributed by atoms with Crippen molar-refractivity contribution in [1.29, 1.82) is 0 Å². The number of hydrogen-bond acceptors (Lipinski definition) is 6. The van der Waals surface area contributed by atoms with Crippen molar-refractivity contribution in [3.05, 3.63) is 63.5 Å². The number of benzene rings is 2. The summed E-state index contributed by atoms with van der Waals surface area (Å²) in [6.07, 6.45) is -0.612. The zero-order chi connectivity index (χ0) is 19.4. The summed E-state index contributed by atoms with van der Waals surface area (Å²) in [4.78, 5) is 15.4. The molecule has 0 fully saturated rings. The van der Waals surface area contributed by atoms with Crippen LogP contribution in [0.2, 0.25) is 0 Å². The molecule has 0 aliphatic rings. The first-order valence-electron chi connectivity index (χ1n) is 8.27. The normalized spacial score (nSPS) is 12.0. The summed E-state index contributed by atoms with van der Waals surface area (Å²) < 4.78 is 0. The molecule has 2 aromatic carbocycles. The SMILES string of the molecule is Cc1ccc(-c2csc(-c3cccc(NCC(O)CCl)c3)n2)cc1[N+](=O)[O-]. The van der Waals surface area contributed by atoms with Gasteiger partial charge in [-0.15, -0.1) is 22.9 Å². The van der Waals surface area contributed by atoms with Crippen LogP contribution >= 0.6 is 22.9 Å². The van der Waals surface area contributed by atoms with Gasteiger partial charge >= 0.3 is 0 Å². The predicted octanol–water partition coefficient (Wildman–Crippen LogP) is 4.71. The number of anilines is 1. The summed E-state index contributed by atoms with van der Waals surface area (Å²) in [5.74, 6) is 0.172. The number of rotatable bonds is 7. The highest BCUT2D eigenvalue weighted by Gasteiger charge is 2.14. The fraction of sp³-hybridized carbons (Fsp3) is 0.211. The van der Waals surface area contributed by atoms with Crippen LogP contribution in [0.5, 0.6) is 0 Å². The van der Waals surface area contributed by atoms with Gasteiger partial charge in [0.05, 0.1) is 22.6 Å². The number of aliphatic hydroxyl groups is 1. The standard InChI is InChI=1S/C19H18ClN3O3S/c1-12-5-6-13(8-18(12)23(25)26)17-11-27-19(22-17)14-3-2-4-15(7-14)21-10-16(24)9-20/h2-8,11,16,21,24H,9-10H2,1H3. The number of alkyl halides is 1. The van der Waals surface area contributed by atoms with Crippen molar-refractivity contribution < 1.29 is 10.0 Å². The molecule has 27 heavy (non-hydrogen) atoms. The molecule has 1 atom stereocenters. The maximum Gasteiger partial charge on any atom is 0.272 e. The average molecular weight is 404 g/mol. The molecule has 8 heteroatoms. The first kappa shape index (κ1) is 19.3. The van der Waals surface area contributed by atoms with E-state index in [4.69, 9.17) is 11.6 Å². The van der Waals surface area contributed by atoms with Crippen molar-refractivity contribution in [3.63, 3.8) is 0 Å². The second kappa shape index (κ2) is 8.47. The first-order chi connectivity index (χ1) is 13.0. The molecular formula is C19H18ClN3O3S. The van der Waals surface area contributed by atoms with Crippen LogP contribution in [0.4, 0.5) is 11.4 Å². The van der Waals surface area contributed by atoms with Crippen molar-refractivity contribution >= 4 is 34.3 Å². The molecule has 1 aromatic heterocycles. The van der Waals surface area contributed by atoms with Crippen LogP contribution in [0.25, 0.3) is 21.8 Å².